The van der Waals surface area contributed by atoms with E-state index in [-0.39, 0.29) is 0 Å². The number of aromatic nitrogens is 2. The van der Waals surface area contributed by atoms with E-state index in [0.29, 0.717) is 0 Å². The molecule has 0 spiro atoms. The lowest BCUT2D eigenvalue weighted by Gasteiger charge is -1.90. The molecule has 3 rings (SSSR count). The van der Waals surface area contributed by atoms with Crippen LogP contribution in [0.15, 0.2) is 42.6 Å². The van der Waals surface area contributed by atoms with Gasteiger partial charge in [0.2, 0.25) is 0 Å². The number of para-hydroxylation sites is 1. The molecule has 0 aliphatic carbocycles. The van der Waals surface area contributed by atoms with Crippen LogP contribution in [0.3, 0.4) is 0 Å². The van der Waals surface area contributed by atoms with Crippen molar-refractivity contribution in [2.45, 2.75) is 0 Å². The van der Waals surface area contributed by atoms with Crippen molar-refractivity contribution in [2.24, 2.45) is 0 Å². The second-order valence-corrected chi connectivity index (χ2v) is 4.16. The molecule has 71 valence electrons. The molecule has 0 unspecified atom stereocenters. The molecule has 2 nitrogen and oxygen atoms in total. The highest BCUT2D eigenvalue weighted by molar-refractivity contribution is 7.21. The molecule has 1 radical (unpaired) electrons. The molecule has 3 heteroatoms. The predicted molar refractivity (Wildman–Crippen MR) is 61.7 cm³/mol. The standard InChI is InChI=1S/C12H7N2S/c1-2-7-11-9(5-1)14-12(15-11)10-6-3-4-8-13-10/h1-2,4-8H. The van der Waals surface area contributed by atoms with Crippen LogP contribution in [0.5, 0.6) is 0 Å². The topological polar surface area (TPSA) is 25.8 Å². The Balaban J connectivity index is 2.21. The molecular formula is C12H7N2S. The van der Waals surface area contributed by atoms with Crippen molar-refractivity contribution in [1.29, 1.82) is 0 Å². The average molecular weight is 211 g/mol. The fraction of sp³-hybridized carbons (Fsp3) is 0. The van der Waals surface area contributed by atoms with Gasteiger partial charge in [0.25, 0.3) is 0 Å². The minimum Gasteiger partial charge on any atom is -0.254 e. The second-order valence-electron chi connectivity index (χ2n) is 3.13. The molecule has 2 heterocycles. The van der Waals surface area contributed by atoms with Crippen LogP contribution in [-0.2, 0) is 0 Å². The van der Waals surface area contributed by atoms with E-state index in [2.05, 4.69) is 22.1 Å². The van der Waals surface area contributed by atoms with Gasteiger partial charge in [-0.1, -0.05) is 12.1 Å². The first-order valence-corrected chi connectivity index (χ1v) is 5.43. The van der Waals surface area contributed by atoms with Gasteiger partial charge in [-0.05, 0) is 30.3 Å². The SMILES string of the molecule is [c]1ccnc(-c2nc3ccccc3s2)c1. The van der Waals surface area contributed by atoms with Gasteiger partial charge in [0.1, 0.15) is 5.01 Å². The third-order valence-corrected chi connectivity index (χ3v) is 3.18. The summed E-state index contributed by atoms with van der Waals surface area (Å²) in [6, 6.07) is 14.8. The quantitative estimate of drug-likeness (QED) is 0.618. The van der Waals surface area contributed by atoms with Crippen molar-refractivity contribution < 1.29 is 0 Å². The van der Waals surface area contributed by atoms with Crippen LogP contribution in [0.1, 0.15) is 0 Å². The first kappa shape index (κ1) is 8.56. The summed E-state index contributed by atoms with van der Waals surface area (Å²) in [5.41, 5.74) is 1.92. The highest BCUT2D eigenvalue weighted by atomic mass is 32.1. The second kappa shape index (κ2) is 3.44. The zero-order valence-electron chi connectivity index (χ0n) is 7.84. The van der Waals surface area contributed by atoms with E-state index in [1.165, 1.54) is 4.70 Å². The maximum Gasteiger partial charge on any atom is 0.143 e. The van der Waals surface area contributed by atoms with Crippen LogP contribution in [0.4, 0.5) is 0 Å². The number of nitrogens with zero attached hydrogens (tertiary/aromatic N) is 2. The summed E-state index contributed by atoms with van der Waals surface area (Å²) in [7, 11) is 0. The van der Waals surface area contributed by atoms with Gasteiger partial charge in [0.15, 0.2) is 0 Å². The fourth-order valence-corrected chi connectivity index (χ4v) is 2.36. The summed E-state index contributed by atoms with van der Waals surface area (Å²) in [6.45, 7) is 0. The Morgan fingerprint density at radius 1 is 1.20 bits per heavy atom. The van der Waals surface area contributed by atoms with Crippen molar-refractivity contribution in [2.75, 3.05) is 0 Å². The van der Waals surface area contributed by atoms with Crippen molar-refractivity contribution in [1.82, 2.24) is 9.97 Å². The van der Waals surface area contributed by atoms with Gasteiger partial charge in [-0.15, -0.1) is 11.3 Å². The lowest BCUT2D eigenvalue weighted by Crippen LogP contribution is -1.79. The van der Waals surface area contributed by atoms with E-state index in [9.17, 15) is 0 Å². The minimum absolute atomic E-state index is 0.888. The van der Waals surface area contributed by atoms with Crippen molar-refractivity contribution >= 4 is 21.6 Å². The lowest BCUT2D eigenvalue weighted by molar-refractivity contribution is 1.30. The van der Waals surface area contributed by atoms with Crippen LogP contribution >= 0.6 is 11.3 Å². The molecule has 0 fully saturated rings. The summed E-state index contributed by atoms with van der Waals surface area (Å²) in [5, 5.41) is 0.952. The summed E-state index contributed by atoms with van der Waals surface area (Å²) in [5.74, 6) is 0. The summed E-state index contributed by atoms with van der Waals surface area (Å²) in [6.07, 6.45) is 1.74. The van der Waals surface area contributed by atoms with Gasteiger partial charge in [-0.3, -0.25) is 4.98 Å². The fourth-order valence-electron chi connectivity index (χ4n) is 1.42. The molecule has 1 aromatic carbocycles. The monoisotopic (exact) mass is 211 g/mol. The zero-order valence-corrected chi connectivity index (χ0v) is 8.66. The van der Waals surface area contributed by atoms with Gasteiger partial charge in [-0.2, -0.15) is 0 Å². The maximum atomic E-state index is 4.52. The summed E-state index contributed by atoms with van der Waals surface area (Å²) >= 11 is 1.66. The Kier molecular flexibility index (Phi) is 1.96. The van der Waals surface area contributed by atoms with Crippen LogP contribution in [0, 0.1) is 6.07 Å². The predicted octanol–water partition coefficient (Wildman–Crippen LogP) is 3.16. The van der Waals surface area contributed by atoms with Crippen LogP contribution < -0.4 is 0 Å². The van der Waals surface area contributed by atoms with E-state index in [0.717, 1.165) is 16.2 Å². The largest absolute Gasteiger partial charge is 0.254 e. The highest BCUT2D eigenvalue weighted by Crippen LogP contribution is 2.28. The van der Waals surface area contributed by atoms with Crippen LogP contribution in [-0.4, -0.2) is 9.97 Å². The summed E-state index contributed by atoms with van der Waals surface area (Å²) < 4.78 is 1.19. The van der Waals surface area contributed by atoms with Gasteiger partial charge >= 0.3 is 0 Å². The number of thiazole rings is 1. The Morgan fingerprint density at radius 2 is 2.13 bits per heavy atom. The van der Waals surface area contributed by atoms with E-state index in [1.807, 2.05) is 24.3 Å². The van der Waals surface area contributed by atoms with Gasteiger partial charge in [-0.25, -0.2) is 4.98 Å². The number of pyridine rings is 1. The molecule has 0 saturated carbocycles. The van der Waals surface area contributed by atoms with Gasteiger partial charge < -0.3 is 0 Å². The van der Waals surface area contributed by atoms with Crippen LogP contribution in [0.25, 0.3) is 20.9 Å². The molecule has 15 heavy (non-hydrogen) atoms. The molecule has 0 atom stereocenters. The first-order chi connectivity index (χ1) is 7.43. The molecule has 0 N–H and O–H groups in total. The number of benzene rings is 1. The molecule has 0 bridgehead atoms. The molecule has 3 aromatic rings. The van der Waals surface area contributed by atoms with Crippen molar-refractivity contribution in [3.8, 4) is 10.7 Å². The van der Waals surface area contributed by atoms with E-state index < -0.39 is 0 Å². The molecule has 0 saturated heterocycles. The number of fused-ring (bicyclic) bond motifs is 1. The van der Waals surface area contributed by atoms with Gasteiger partial charge in [0, 0.05) is 6.20 Å². The van der Waals surface area contributed by atoms with E-state index >= 15 is 0 Å². The Hall–Kier alpha value is -1.74. The number of rotatable bonds is 1. The van der Waals surface area contributed by atoms with E-state index in [4.69, 9.17) is 0 Å². The van der Waals surface area contributed by atoms with Gasteiger partial charge in [0.05, 0.1) is 15.9 Å². The van der Waals surface area contributed by atoms with Crippen molar-refractivity contribution in [3.63, 3.8) is 0 Å². The maximum absolute atomic E-state index is 4.52. The molecule has 0 aliphatic rings. The Labute approximate surface area is 91.2 Å². The lowest BCUT2D eigenvalue weighted by atomic mass is 10.3. The normalized spacial score (nSPS) is 10.7. The third kappa shape index (κ3) is 1.51. The van der Waals surface area contributed by atoms with E-state index in [1.54, 1.807) is 23.6 Å². The Morgan fingerprint density at radius 3 is 2.93 bits per heavy atom. The van der Waals surface area contributed by atoms with Crippen molar-refractivity contribution in [3.05, 3.63) is 48.7 Å². The minimum atomic E-state index is 0.888. The molecule has 0 aliphatic heterocycles. The zero-order chi connectivity index (χ0) is 10.1. The highest BCUT2D eigenvalue weighted by Gasteiger charge is 2.05. The third-order valence-electron chi connectivity index (χ3n) is 2.12. The van der Waals surface area contributed by atoms with Crippen LogP contribution in [0.2, 0.25) is 0 Å². The first-order valence-electron chi connectivity index (χ1n) is 4.61. The molecule has 2 aromatic heterocycles. The smallest absolute Gasteiger partial charge is 0.143 e. The Bertz CT molecular complexity index is 554. The molecule has 0 amide bonds. The number of hydrogen-bond acceptors (Lipinski definition) is 3. The summed E-state index contributed by atoms with van der Waals surface area (Å²) in [4.78, 5) is 8.78. The average Bonchev–Trinajstić information content (AvgIpc) is 2.74. The molecular weight excluding hydrogens is 204 g/mol. The number of hydrogen-bond donors (Lipinski definition) is 0.